The Bertz CT molecular complexity index is 1080. The van der Waals surface area contributed by atoms with Crippen molar-refractivity contribution in [2.24, 2.45) is 0 Å². The molecule has 8 heteroatoms. The van der Waals surface area contributed by atoms with Crippen LogP contribution >= 0.6 is 12.2 Å². The lowest BCUT2D eigenvalue weighted by Crippen LogP contribution is -2.54. The molecule has 1 N–H and O–H groups in total. The quantitative estimate of drug-likeness (QED) is 0.446. The van der Waals surface area contributed by atoms with E-state index < -0.39 is 23.9 Å². The standard InChI is InChI=1S/C22H20N2O5S/c1-12-4-9-18(13(2)10-12)24-20(26)17(19(25)23-22(24)30)11-15-5-7-16(8-6-15)29-14(3)21(27)28/h4-11,14H,1-3H3,(H,27,28)(H,23,25,30)/p-1/b17-11-/t14-/m0/s1. The first-order valence-corrected chi connectivity index (χ1v) is 9.54. The highest BCUT2D eigenvalue weighted by Gasteiger charge is 2.35. The van der Waals surface area contributed by atoms with E-state index in [0.717, 1.165) is 11.1 Å². The van der Waals surface area contributed by atoms with E-state index in [1.807, 2.05) is 26.0 Å². The summed E-state index contributed by atoms with van der Waals surface area (Å²) in [5.41, 5.74) is 2.99. The van der Waals surface area contributed by atoms with Crippen LogP contribution in [0.1, 0.15) is 23.6 Å². The van der Waals surface area contributed by atoms with Crippen molar-refractivity contribution in [3.63, 3.8) is 0 Å². The summed E-state index contributed by atoms with van der Waals surface area (Å²) in [4.78, 5) is 37.6. The first kappa shape index (κ1) is 21.2. The molecule has 0 saturated carbocycles. The van der Waals surface area contributed by atoms with Gasteiger partial charge in [0.2, 0.25) is 0 Å². The molecule has 0 unspecified atom stereocenters. The largest absolute Gasteiger partial charge is 0.546 e. The fourth-order valence-electron chi connectivity index (χ4n) is 2.99. The Labute approximate surface area is 179 Å². The van der Waals surface area contributed by atoms with Crippen molar-refractivity contribution >= 4 is 46.9 Å². The van der Waals surface area contributed by atoms with Crippen molar-refractivity contribution < 1.29 is 24.2 Å². The number of aliphatic carboxylic acids is 1. The molecule has 2 amide bonds. The smallest absolute Gasteiger partial charge is 0.270 e. The summed E-state index contributed by atoms with van der Waals surface area (Å²) < 4.78 is 5.22. The summed E-state index contributed by atoms with van der Waals surface area (Å²) in [5, 5.41) is 13.4. The van der Waals surface area contributed by atoms with Gasteiger partial charge in [0.25, 0.3) is 11.8 Å². The molecular weight excluding hydrogens is 404 g/mol. The normalized spacial score (nSPS) is 16.4. The average molecular weight is 423 g/mol. The number of carbonyl (C=O) groups excluding carboxylic acids is 3. The van der Waals surface area contributed by atoms with E-state index in [-0.39, 0.29) is 10.7 Å². The molecule has 1 heterocycles. The molecule has 1 fully saturated rings. The van der Waals surface area contributed by atoms with Crippen molar-refractivity contribution in [2.75, 3.05) is 4.90 Å². The van der Waals surface area contributed by atoms with Gasteiger partial charge in [-0.25, -0.2) is 0 Å². The predicted octanol–water partition coefficient (Wildman–Crippen LogP) is 1.65. The van der Waals surface area contributed by atoms with Gasteiger partial charge in [-0.3, -0.25) is 19.8 Å². The van der Waals surface area contributed by atoms with Crippen LogP contribution in [0.25, 0.3) is 6.08 Å². The topological polar surface area (TPSA) is 98.8 Å². The third-order valence-corrected chi connectivity index (χ3v) is 4.82. The van der Waals surface area contributed by atoms with Gasteiger partial charge in [0.1, 0.15) is 17.4 Å². The maximum absolute atomic E-state index is 13.1. The van der Waals surface area contributed by atoms with Crippen LogP contribution in [0.5, 0.6) is 5.75 Å². The lowest BCUT2D eigenvalue weighted by Gasteiger charge is -2.30. The summed E-state index contributed by atoms with van der Waals surface area (Å²) >= 11 is 5.23. The highest BCUT2D eigenvalue weighted by Crippen LogP contribution is 2.26. The highest BCUT2D eigenvalue weighted by atomic mass is 32.1. The van der Waals surface area contributed by atoms with Gasteiger partial charge in [0, 0.05) is 0 Å². The first-order chi connectivity index (χ1) is 14.2. The number of nitrogens with zero attached hydrogens (tertiary/aromatic N) is 1. The molecule has 2 aromatic carbocycles. The van der Waals surface area contributed by atoms with E-state index in [1.54, 1.807) is 30.3 Å². The number of ether oxygens (including phenoxy) is 1. The van der Waals surface area contributed by atoms with Crippen molar-refractivity contribution in [3.05, 3.63) is 64.7 Å². The van der Waals surface area contributed by atoms with Gasteiger partial charge < -0.3 is 14.6 Å². The summed E-state index contributed by atoms with van der Waals surface area (Å²) in [6.07, 6.45) is 0.342. The van der Waals surface area contributed by atoms with Crippen LogP contribution in [0.2, 0.25) is 0 Å². The van der Waals surface area contributed by atoms with Gasteiger partial charge in [0.05, 0.1) is 11.7 Å². The Morgan fingerprint density at radius 1 is 1.17 bits per heavy atom. The fraction of sp³-hybridized carbons (Fsp3) is 0.182. The number of nitrogens with one attached hydrogen (secondary N) is 1. The summed E-state index contributed by atoms with van der Waals surface area (Å²) in [6.45, 7) is 5.17. The second-order valence-electron chi connectivity index (χ2n) is 6.90. The van der Waals surface area contributed by atoms with E-state index in [2.05, 4.69) is 5.32 Å². The fourth-order valence-corrected chi connectivity index (χ4v) is 3.27. The number of hydrogen-bond donors (Lipinski definition) is 1. The summed E-state index contributed by atoms with van der Waals surface area (Å²) in [6, 6.07) is 11.9. The number of anilines is 1. The first-order valence-electron chi connectivity index (χ1n) is 9.13. The summed E-state index contributed by atoms with van der Waals surface area (Å²) in [7, 11) is 0. The third kappa shape index (κ3) is 4.38. The van der Waals surface area contributed by atoms with Crippen molar-refractivity contribution in [2.45, 2.75) is 26.9 Å². The number of thiocarbonyl (C=S) groups is 1. The maximum atomic E-state index is 13.1. The minimum Gasteiger partial charge on any atom is -0.546 e. The van der Waals surface area contributed by atoms with Crippen LogP contribution in [0, 0.1) is 13.8 Å². The number of hydrogen-bond acceptors (Lipinski definition) is 6. The van der Waals surface area contributed by atoms with E-state index >= 15 is 0 Å². The molecule has 0 spiro atoms. The Balaban J connectivity index is 1.90. The molecule has 2 aromatic rings. The molecule has 154 valence electrons. The van der Waals surface area contributed by atoms with Crippen LogP contribution in [-0.4, -0.2) is 29.0 Å². The number of amides is 2. The summed E-state index contributed by atoms with van der Waals surface area (Å²) in [5.74, 6) is -2.11. The van der Waals surface area contributed by atoms with Crippen LogP contribution < -0.4 is 20.1 Å². The Hall–Kier alpha value is -3.52. The molecular formula is C22H19N2O5S-. The van der Waals surface area contributed by atoms with Gasteiger partial charge in [-0.1, -0.05) is 29.8 Å². The van der Waals surface area contributed by atoms with Gasteiger partial charge in [-0.2, -0.15) is 0 Å². The second-order valence-corrected chi connectivity index (χ2v) is 7.28. The number of carboxylic acids is 1. The zero-order chi connectivity index (χ0) is 22.0. The minimum atomic E-state index is -1.33. The molecule has 1 atom stereocenters. The van der Waals surface area contributed by atoms with E-state index in [9.17, 15) is 19.5 Å². The number of carbonyl (C=O) groups is 3. The molecule has 0 radical (unpaired) electrons. The Morgan fingerprint density at radius 2 is 1.83 bits per heavy atom. The van der Waals surface area contributed by atoms with Crippen LogP contribution in [0.3, 0.4) is 0 Å². The average Bonchev–Trinajstić information content (AvgIpc) is 2.67. The molecule has 1 aliphatic rings. The van der Waals surface area contributed by atoms with Crippen LogP contribution in [0.4, 0.5) is 5.69 Å². The lowest BCUT2D eigenvalue weighted by atomic mass is 10.0. The number of carboxylic acid groups (broad SMARTS) is 1. The Morgan fingerprint density at radius 3 is 2.43 bits per heavy atom. The van der Waals surface area contributed by atoms with Gasteiger partial charge in [-0.05, 0) is 68.4 Å². The lowest BCUT2D eigenvalue weighted by molar-refractivity contribution is -0.312. The number of benzene rings is 2. The molecule has 30 heavy (non-hydrogen) atoms. The van der Waals surface area contributed by atoms with Gasteiger partial charge in [-0.15, -0.1) is 0 Å². The van der Waals surface area contributed by atoms with Crippen molar-refractivity contribution in [1.29, 1.82) is 0 Å². The van der Waals surface area contributed by atoms with Gasteiger partial charge >= 0.3 is 0 Å². The van der Waals surface area contributed by atoms with Crippen LogP contribution in [-0.2, 0) is 14.4 Å². The third-order valence-electron chi connectivity index (χ3n) is 4.53. The SMILES string of the molecule is Cc1ccc(N2C(=O)/C(=C\c3ccc(O[C@@H](C)C(=O)[O-])cc3)C(=O)NC2=S)c(C)c1. The maximum Gasteiger partial charge on any atom is 0.270 e. The second kappa shape index (κ2) is 8.46. The van der Waals surface area contributed by atoms with E-state index in [4.69, 9.17) is 17.0 Å². The van der Waals surface area contributed by atoms with E-state index in [0.29, 0.717) is 17.0 Å². The highest BCUT2D eigenvalue weighted by molar-refractivity contribution is 7.80. The molecule has 1 saturated heterocycles. The predicted molar refractivity (Wildman–Crippen MR) is 114 cm³/mol. The molecule has 3 rings (SSSR count). The monoisotopic (exact) mass is 423 g/mol. The van der Waals surface area contributed by atoms with Crippen molar-refractivity contribution in [1.82, 2.24) is 5.32 Å². The zero-order valence-corrected chi connectivity index (χ0v) is 17.4. The van der Waals surface area contributed by atoms with Crippen LogP contribution in [0.15, 0.2) is 48.0 Å². The molecule has 0 bridgehead atoms. The molecule has 0 aromatic heterocycles. The zero-order valence-electron chi connectivity index (χ0n) is 16.6. The van der Waals surface area contributed by atoms with E-state index in [1.165, 1.54) is 17.9 Å². The molecule has 0 aliphatic carbocycles. The number of aryl methyl sites for hydroxylation is 2. The molecule has 7 nitrogen and oxygen atoms in total. The van der Waals surface area contributed by atoms with Crippen molar-refractivity contribution in [3.8, 4) is 5.75 Å². The number of rotatable bonds is 5. The molecule has 1 aliphatic heterocycles. The minimum absolute atomic E-state index is 0.0223. The Kier molecular flexibility index (Phi) is 5.98. The van der Waals surface area contributed by atoms with Gasteiger partial charge in [0.15, 0.2) is 5.11 Å².